The SMILES string of the molecule is CCCCCCCCNCC(C)(N)CC. The molecule has 0 saturated heterocycles. The summed E-state index contributed by atoms with van der Waals surface area (Å²) >= 11 is 0. The maximum absolute atomic E-state index is 6.03. The van der Waals surface area contributed by atoms with E-state index in [-0.39, 0.29) is 5.54 Å². The third kappa shape index (κ3) is 10.2. The van der Waals surface area contributed by atoms with Gasteiger partial charge in [-0.1, -0.05) is 46.0 Å². The zero-order valence-electron chi connectivity index (χ0n) is 10.9. The van der Waals surface area contributed by atoms with Gasteiger partial charge < -0.3 is 11.1 Å². The van der Waals surface area contributed by atoms with Crippen LogP contribution in [0.4, 0.5) is 0 Å². The molecule has 0 amide bonds. The summed E-state index contributed by atoms with van der Waals surface area (Å²) in [6.45, 7) is 8.58. The molecule has 0 saturated carbocycles. The lowest BCUT2D eigenvalue weighted by atomic mass is 10.0. The Kier molecular flexibility index (Phi) is 9.12. The van der Waals surface area contributed by atoms with Gasteiger partial charge in [0.25, 0.3) is 0 Å². The van der Waals surface area contributed by atoms with Crippen molar-refractivity contribution in [2.24, 2.45) is 5.73 Å². The Bertz CT molecular complexity index is 132. The molecule has 0 fully saturated rings. The number of hydrogen-bond donors (Lipinski definition) is 2. The predicted molar refractivity (Wildman–Crippen MR) is 69.1 cm³/mol. The second kappa shape index (κ2) is 9.17. The third-order valence-electron chi connectivity index (χ3n) is 3.04. The molecule has 92 valence electrons. The standard InChI is InChI=1S/C13H30N2/c1-4-6-7-8-9-10-11-15-12-13(3,14)5-2/h15H,4-12,14H2,1-3H3. The minimum absolute atomic E-state index is 0.0256. The molecule has 0 rings (SSSR count). The lowest BCUT2D eigenvalue weighted by Gasteiger charge is -2.23. The van der Waals surface area contributed by atoms with Crippen molar-refractivity contribution >= 4 is 0 Å². The van der Waals surface area contributed by atoms with Gasteiger partial charge in [0.05, 0.1) is 0 Å². The van der Waals surface area contributed by atoms with E-state index >= 15 is 0 Å². The van der Waals surface area contributed by atoms with Gasteiger partial charge in [0.15, 0.2) is 0 Å². The summed E-state index contributed by atoms with van der Waals surface area (Å²) in [7, 11) is 0. The number of hydrogen-bond acceptors (Lipinski definition) is 2. The molecule has 0 aromatic rings. The van der Waals surface area contributed by atoms with E-state index in [4.69, 9.17) is 5.73 Å². The number of nitrogens with one attached hydrogen (secondary N) is 1. The van der Waals surface area contributed by atoms with Gasteiger partial charge in [-0.05, 0) is 26.3 Å². The fraction of sp³-hybridized carbons (Fsp3) is 1.00. The summed E-state index contributed by atoms with van der Waals surface area (Å²) in [5, 5.41) is 3.44. The van der Waals surface area contributed by atoms with E-state index < -0.39 is 0 Å². The van der Waals surface area contributed by atoms with Crippen LogP contribution in [0, 0.1) is 0 Å². The molecule has 15 heavy (non-hydrogen) atoms. The van der Waals surface area contributed by atoms with E-state index in [1.165, 1.54) is 38.5 Å². The molecule has 0 aromatic heterocycles. The second-order valence-electron chi connectivity index (χ2n) is 4.95. The van der Waals surface area contributed by atoms with Gasteiger partial charge in [-0.2, -0.15) is 0 Å². The highest BCUT2D eigenvalue weighted by molar-refractivity contribution is 4.78. The maximum Gasteiger partial charge on any atom is 0.0249 e. The molecule has 0 radical (unpaired) electrons. The van der Waals surface area contributed by atoms with Crippen molar-refractivity contribution in [1.29, 1.82) is 0 Å². The molecule has 1 unspecified atom stereocenters. The Balaban J connectivity index is 3.11. The summed E-state index contributed by atoms with van der Waals surface area (Å²) in [4.78, 5) is 0. The van der Waals surface area contributed by atoms with Gasteiger partial charge in [0.2, 0.25) is 0 Å². The fourth-order valence-electron chi connectivity index (χ4n) is 1.53. The monoisotopic (exact) mass is 214 g/mol. The molecular formula is C13H30N2. The predicted octanol–water partition coefficient (Wildman–Crippen LogP) is 3.06. The highest BCUT2D eigenvalue weighted by atomic mass is 14.9. The zero-order valence-corrected chi connectivity index (χ0v) is 10.9. The molecule has 1 atom stereocenters. The highest BCUT2D eigenvalue weighted by Crippen LogP contribution is 2.05. The summed E-state index contributed by atoms with van der Waals surface area (Å²) in [6, 6.07) is 0. The van der Waals surface area contributed by atoms with Gasteiger partial charge in [0, 0.05) is 12.1 Å². The normalized spacial score (nSPS) is 15.2. The summed E-state index contributed by atoms with van der Waals surface area (Å²) < 4.78 is 0. The first kappa shape index (κ1) is 14.9. The molecule has 0 heterocycles. The molecule has 0 bridgehead atoms. The molecule has 0 aliphatic carbocycles. The average Bonchev–Trinajstić information content (AvgIpc) is 2.22. The van der Waals surface area contributed by atoms with E-state index in [1.807, 2.05) is 0 Å². The minimum atomic E-state index is -0.0256. The van der Waals surface area contributed by atoms with E-state index in [0.717, 1.165) is 19.5 Å². The van der Waals surface area contributed by atoms with E-state index in [2.05, 4.69) is 26.1 Å². The van der Waals surface area contributed by atoms with Crippen LogP contribution in [0.25, 0.3) is 0 Å². The molecule has 0 aliphatic rings. The van der Waals surface area contributed by atoms with Crippen LogP contribution in [0.5, 0.6) is 0 Å². The van der Waals surface area contributed by atoms with E-state index in [0.29, 0.717) is 0 Å². The Morgan fingerprint density at radius 2 is 1.60 bits per heavy atom. The van der Waals surface area contributed by atoms with Crippen molar-refractivity contribution in [2.45, 2.75) is 71.3 Å². The van der Waals surface area contributed by atoms with Crippen LogP contribution >= 0.6 is 0 Å². The lowest BCUT2D eigenvalue weighted by molar-refractivity contribution is 0.412. The molecule has 0 aliphatic heterocycles. The van der Waals surface area contributed by atoms with Crippen LogP contribution in [0.2, 0.25) is 0 Å². The van der Waals surface area contributed by atoms with Gasteiger partial charge in [-0.3, -0.25) is 0 Å². The number of unbranched alkanes of at least 4 members (excludes halogenated alkanes) is 5. The Morgan fingerprint density at radius 1 is 1.00 bits per heavy atom. The van der Waals surface area contributed by atoms with Crippen molar-refractivity contribution in [3.05, 3.63) is 0 Å². The fourth-order valence-corrected chi connectivity index (χ4v) is 1.53. The van der Waals surface area contributed by atoms with Crippen LogP contribution in [0.1, 0.15) is 65.7 Å². The Morgan fingerprint density at radius 3 is 2.20 bits per heavy atom. The molecule has 0 spiro atoms. The van der Waals surface area contributed by atoms with Crippen molar-refractivity contribution in [2.75, 3.05) is 13.1 Å². The minimum Gasteiger partial charge on any atom is -0.324 e. The largest absolute Gasteiger partial charge is 0.324 e. The first-order valence-corrected chi connectivity index (χ1v) is 6.62. The van der Waals surface area contributed by atoms with Crippen LogP contribution in [0.15, 0.2) is 0 Å². The zero-order chi connectivity index (χ0) is 11.6. The number of rotatable bonds is 10. The van der Waals surface area contributed by atoms with Crippen LogP contribution < -0.4 is 11.1 Å². The molecular weight excluding hydrogens is 184 g/mol. The first-order chi connectivity index (χ1) is 7.12. The summed E-state index contributed by atoms with van der Waals surface area (Å²) in [6.07, 6.45) is 9.22. The van der Waals surface area contributed by atoms with Gasteiger partial charge in [-0.25, -0.2) is 0 Å². The number of nitrogens with two attached hydrogens (primary N) is 1. The summed E-state index contributed by atoms with van der Waals surface area (Å²) in [5.41, 5.74) is 6.01. The first-order valence-electron chi connectivity index (χ1n) is 6.62. The molecule has 0 aromatic carbocycles. The highest BCUT2D eigenvalue weighted by Gasteiger charge is 2.13. The molecule has 2 nitrogen and oxygen atoms in total. The maximum atomic E-state index is 6.03. The van der Waals surface area contributed by atoms with Crippen molar-refractivity contribution in [1.82, 2.24) is 5.32 Å². The lowest BCUT2D eigenvalue weighted by Crippen LogP contribution is -2.45. The third-order valence-corrected chi connectivity index (χ3v) is 3.04. The van der Waals surface area contributed by atoms with E-state index in [1.54, 1.807) is 0 Å². The van der Waals surface area contributed by atoms with Crippen LogP contribution in [-0.2, 0) is 0 Å². The van der Waals surface area contributed by atoms with Crippen molar-refractivity contribution in [3.63, 3.8) is 0 Å². The van der Waals surface area contributed by atoms with Gasteiger partial charge in [-0.15, -0.1) is 0 Å². The van der Waals surface area contributed by atoms with Crippen molar-refractivity contribution < 1.29 is 0 Å². The van der Waals surface area contributed by atoms with Crippen LogP contribution in [-0.4, -0.2) is 18.6 Å². The second-order valence-corrected chi connectivity index (χ2v) is 4.95. The quantitative estimate of drug-likeness (QED) is 0.549. The van der Waals surface area contributed by atoms with Crippen molar-refractivity contribution in [3.8, 4) is 0 Å². The van der Waals surface area contributed by atoms with Gasteiger partial charge >= 0.3 is 0 Å². The van der Waals surface area contributed by atoms with E-state index in [9.17, 15) is 0 Å². The smallest absolute Gasteiger partial charge is 0.0249 e. The molecule has 2 heteroatoms. The van der Waals surface area contributed by atoms with Crippen LogP contribution in [0.3, 0.4) is 0 Å². The topological polar surface area (TPSA) is 38.0 Å². The Hall–Kier alpha value is -0.0800. The molecule has 3 N–H and O–H groups in total. The van der Waals surface area contributed by atoms with Gasteiger partial charge in [0.1, 0.15) is 0 Å². The Labute approximate surface area is 96.0 Å². The summed E-state index contributed by atoms with van der Waals surface area (Å²) in [5.74, 6) is 0. The average molecular weight is 214 g/mol.